The van der Waals surface area contributed by atoms with Crippen LogP contribution in [0.15, 0.2) is 30.3 Å². The molecule has 2 saturated heterocycles. The van der Waals surface area contributed by atoms with Crippen LogP contribution in [0.3, 0.4) is 0 Å². The van der Waals surface area contributed by atoms with Crippen LogP contribution >= 0.6 is 0 Å². The third-order valence-corrected chi connectivity index (χ3v) is 2.79. The van der Waals surface area contributed by atoms with Gasteiger partial charge in [-0.05, 0) is 38.1 Å². The lowest BCUT2D eigenvalue weighted by molar-refractivity contribution is 0.181. The van der Waals surface area contributed by atoms with Crippen LogP contribution in [0.2, 0.25) is 0 Å². The summed E-state index contributed by atoms with van der Waals surface area (Å²) in [5.74, 6) is 0. The van der Waals surface area contributed by atoms with E-state index in [4.69, 9.17) is 4.74 Å². The molecule has 1 aromatic rings. The Balaban J connectivity index is 0.000000181. The van der Waals surface area contributed by atoms with Crippen LogP contribution in [0.5, 0.6) is 0 Å². The van der Waals surface area contributed by atoms with Crippen LogP contribution in [0.1, 0.15) is 12.8 Å². The highest BCUT2D eigenvalue weighted by molar-refractivity contribution is 5.89. The number of amides is 1. The monoisotopic (exact) mass is 234 g/mol. The molecule has 1 N–H and O–H groups in total. The molecule has 0 aromatic heterocycles. The average Bonchev–Trinajstić information content (AvgIpc) is 3.03. The lowest BCUT2D eigenvalue weighted by atomic mass is 10.3. The fourth-order valence-electron chi connectivity index (χ4n) is 1.86. The van der Waals surface area contributed by atoms with Crippen LogP contribution in [0.4, 0.5) is 10.5 Å². The highest BCUT2D eigenvalue weighted by Crippen LogP contribution is 2.16. The molecule has 0 spiro atoms. The van der Waals surface area contributed by atoms with Crippen molar-refractivity contribution in [2.75, 3.05) is 31.1 Å². The van der Waals surface area contributed by atoms with Crippen molar-refractivity contribution in [3.8, 4) is 0 Å². The number of nitrogens with one attached hydrogen (secondary N) is 1. The standard InChI is InChI=1S/C9H9NO2.C4H9N/c11-9-10(6-7-12-9)8-4-2-1-3-5-8;1-2-4-5-3-1/h1-5H,6-7H2;5H,1-4H2. The number of hydrogen-bond donors (Lipinski definition) is 1. The minimum Gasteiger partial charge on any atom is -0.447 e. The molecule has 0 atom stereocenters. The molecular formula is C13H18N2O2. The van der Waals surface area contributed by atoms with Crippen molar-refractivity contribution in [2.45, 2.75) is 12.8 Å². The predicted octanol–water partition coefficient (Wildman–Crippen LogP) is 2.01. The average molecular weight is 234 g/mol. The second-order valence-corrected chi connectivity index (χ2v) is 4.06. The molecule has 0 aliphatic carbocycles. The van der Waals surface area contributed by atoms with Crippen molar-refractivity contribution in [1.29, 1.82) is 0 Å². The van der Waals surface area contributed by atoms with Crippen LogP contribution in [-0.2, 0) is 4.74 Å². The van der Waals surface area contributed by atoms with Gasteiger partial charge in [-0.15, -0.1) is 0 Å². The first-order valence-corrected chi connectivity index (χ1v) is 6.08. The van der Waals surface area contributed by atoms with Crippen molar-refractivity contribution in [2.24, 2.45) is 0 Å². The van der Waals surface area contributed by atoms with Crippen molar-refractivity contribution in [3.05, 3.63) is 30.3 Å². The lowest BCUT2D eigenvalue weighted by Gasteiger charge is -2.11. The van der Waals surface area contributed by atoms with E-state index in [-0.39, 0.29) is 6.09 Å². The highest BCUT2D eigenvalue weighted by Gasteiger charge is 2.22. The zero-order chi connectivity index (χ0) is 11.9. The normalized spacial score (nSPS) is 18.6. The first kappa shape index (κ1) is 11.9. The van der Waals surface area contributed by atoms with Gasteiger partial charge in [0.1, 0.15) is 6.61 Å². The largest absolute Gasteiger partial charge is 0.447 e. The van der Waals surface area contributed by atoms with Gasteiger partial charge in [0.15, 0.2) is 0 Å². The van der Waals surface area contributed by atoms with E-state index in [9.17, 15) is 4.79 Å². The second-order valence-electron chi connectivity index (χ2n) is 4.06. The summed E-state index contributed by atoms with van der Waals surface area (Å²) in [5.41, 5.74) is 0.903. The Morgan fingerprint density at radius 1 is 1.12 bits per heavy atom. The summed E-state index contributed by atoms with van der Waals surface area (Å²) in [7, 11) is 0. The minimum absolute atomic E-state index is 0.249. The highest BCUT2D eigenvalue weighted by atomic mass is 16.6. The summed E-state index contributed by atoms with van der Waals surface area (Å²) < 4.78 is 4.81. The number of benzene rings is 1. The Morgan fingerprint density at radius 3 is 2.29 bits per heavy atom. The van der Waals surface area contributed by atoms with E-state index in [2.05, 4.69) is 5.32 Å². The number of cyclic esters (lactones) is 1. The minimum atomic E-state index is -0.249. The zero-order valence-electron chi connectivity index (χ0n) is 9.89. The maximum atomic E-state index is 11.1. The third kappa shape index (κ3) is 3.46. The Morgan fingerprint density at radius 2 is 1.82 bits per heavy atom. The van der Waals surface area contributed by atoms with Gasteiger partial charge in [-0.1, -0.05) is 18.2 Å². The number of hydrogen-bond acceptors (Lipinski definition) is 3. The Hall–Kier alpha value is -1.55. The Kier molecular flexibility index (Phi) is 4.38. The van der Waals surface area contributed by atoms with E-state index in [1.165, 1.54) is 25.9 Å². The van der Waals surface area contributed by atoms with Gasteiger partial charge in [0.05, 0.1) is 6.54 Å². The first-order chi connectivity index (χ1) is 8.38. The van der Waals surface area contributed by atoms with Crippen molar-refractivity contribution in [1.82, 2.24) is 5.32 Å². The summed E-state index contributed by atoms with van der Waals surface area (Å²) in [4.78, 5) is 12.7. The quantitative estimate of drug-likeness (QED) is 0.808. The number of rotatable bonds is 1. The molecule has 4 nitrogen and oxygen atoms in total. The number of ether oxygens (including phenoxy) is 1. The van der Waals surface area contributed by atoms with E-state index in [1.807, 2.05) is 30.3 Å². The smallest absolute Gasteiger partial charge is 0.414 e. The Labute approximate surface area is 102 Å². The molecule has 1 amide bonds. The third-order valence-electron chi connectivity index (χ3n) is 2.79. The van der Waals surface area contributed by atoms with Crippen molar-refractivity contribution < 1.29 is 9.53 Å². The van der Waals surface area contributed by atoms with E-state index in [1.54, 1.807) is 4.90 Å². The fourth-order valence-corrected chi connectivity index (χ4v) is 1.86. The summed E-state index contributed by atoms with van der Waals surface area (Å²) in [6.07, 6.45) is 2.53. The number of carbonyl (C=O) groups excluding carboxylic acids is 1. The van der Waals surface area contributed by atoms with Gasteiger partial charge in [0, 0.05) is 5.69 Å². The molecule has 0 radical (unpaired) electrons. The van der Waals surface area contributed by atoms with Crippen molar-refractivity contribution in [3.63, 3.8) is 0 Å². The number of anilines is 1. The zero-order valence-corrected chi connectivity index (χ0v) is 9.89. The molecule has 0 saturated carbocycles. The molecule has 17 heavy (non-hydrogen) atoms. The molecule has 2 aliphatic rings. The molecular weight excluding hydrogens is 216 g/mol. The first-order valence-electron chi connectivity index (χ1n) is 6.08. The second kappa shape index (κ2) is 6.25. The van der Waals surface area contributed by atoms with E-state index in [0.29, 0.717) is 13.2 Å². The molecule has 2 aliphatic heterocycles. The Bertz CT molecular complexity index is 342. The van der Waals surface area contributed by atoms with Crippen molar-refractivity contribution >= 4 is 11.8 Å². The maximum absolute atomic E-state index is 11.1. The van der Waals surface area contributed by atoms with E-state index >= 15 is 0 Å². The molecule has 0 bridgehead atoms. The summed E-state index contributed by atoms with van der Waals surface area (Å²) in [6.45, 7) is 3.65. The van der Waals surface area contributed by atoms with Gasteiger partial charge in [0.25, 0.3) is 0 Å². The summed E-state index contributed by atoms with van der Waals surface area (Å²) in [6, 6.07) is 9.52. The molecule has 0 unspecified atom stereocenters. The molecule has 2 heterocycles. The van der Waals surface area contributed by atoms with E-state index < -0.39 is 0 Å². The number of carbonyl (C=O) groups is 1. The van der Waals surface area contributed by atoms with Gasteiger partial charge in [-0.2, -0.15) is 0 Å². The van der Waals surface area contributed by atoms with Crippen LogP contribution in [0.25, 0.3) is 0 Å². The van der Waals surface area contributed by atoms with Gasteiger partial charge >= 0.3 is 6.09 Å². The van der Waals surface area contributed by atoms with Crippen LogP contribution in [-0.4, -0.2) is 32.3 Å². The van der Waals surface area contributed by atoms with Gasteiger partial charge in [0.2, 0.25) is 0 Å². The SMILES string of the molecule is C1CCNC1.O=C1OCCN1c1ccccc1. The topological polar surface area (TPSA) is 41.6 Å². The van der Waals surface area contributed by atoms with E-state index in [0.717, 1.165) is 5.69 Å². The maximum Gasteiger partial charge on any atom is 0.414 e. The summed E-state index contributed by atoms with van der Waals surface area (Å²) in [5, 5.41) is 3.22. The molecule has 1 aromatic carbocycles. The molecule has 92 valence electrons. The molecule has 3 rings (SSSR count). The fraction of sp³-hybridized carbons (Fsp3) is 0.462. The number of para-hydroxylation sites is 1. The lowest BCUT2D eigenvalue weighted by Crippen LogP contribution is -2.22. The van der Waals surface area contributed by atoms with Gasteiger partial charge < -0.3 is 10.1 Å². The summed E-state index contributed by atoms with van der Waals surface area (Å²) >= 11 is 0. The molecule has 4 heteroatoms. The van der Waals surface area contributed by atoms with Crippen LogP contribution in [0, 0.1) is 0 Å². The molecule has 2 fully saturated rings. The van der Waals surface area contributed by atoms with Gasteiger partial charge in [-0.3, -0.25) is 4.90 Å². The number of nitrogens with zero attached hydrogens (tertiary/aromatic N) is 1. The van der Waals surface area contributed by atoms with Gasteiger partial charge in [-0.25, -0.2) is 4.79 Å². The predicted molar refractivity (Wildman–Crippen MR) is 67.2 cm³/mol. The van der Waals surface area contributed by atoms with Crippen LogP contribution < -0.4 is 10.2 Å².